The quantitative estimate of drug-likeness (QED) is 0.618. The van der Waals surface area contributed by atoms with Gasteiger partial charge in [-0.1, -0.05) is 13.8 Å². The molecule has 0 aliphatic heterocycles. The van der Waals surface area contributed by atoms with Crippen molar-refractivity contribution in [1.29, 1.82) is 0 Å². The molecule has 0 heterocycles. The standard InChI is InChI=1S/C15H20FNO/c1-4-5-6-7-18-15-9-13(8-14(16)10-15)11-17-12(2)3/h8-10,12,17H,6-7,11H2,1-3H3. The second-order valence-electron chi connectivity index (χ2n) is 4.36. The van der Waals surface area contributed by atoms with E-state index in [-0.39, 0.29) is 5.82 Å². The molecular formula is C15H20FNO. The Bertz CT molecular complexity index is 432. The maximum Gasteiger partial charge on any atom is 0.127 e. The fourth-order valence-corrected chi connectivity index (χ4v) is 1.47. The average Bonchev–Trinajstić information content (AvgIpc) is 2.32. The lowest BCUT2D eigenvalue weighted by molar-refractivity contribution is 0.325. The summed E-state index contributed by atoms with van der Waals surface area (Å²) in [5.41, 5.74) is 0.889. The summed E-state index contributed by atoms with van der Waals surface area (Å²) in [6, 6.07) is 5.15. The summed E-state index contributed by atoms with van der Waals surface area (Å²) >= 11 is 0. The van der Waals surface area contributed by atoms with Gasteiger partial charge in [-0.05, 0) is 24.6 Å². The van der Waals surface area contributed by atoms with E-state index in [0.29, 0.717) is 31.4 Å². The molecule has 98 valence electrons. The van der Waals surface area contributed by atoms with E-state index < -0.39 is 0 Å². The molecule has 1 rings (SSSR count). The van der Waals surface area contributed by atoms with Gasteiger partial charge in [-0.25, -0.2) is 4.39 Å². The Morgan fingerprint density at radius 3 is 2.78 bits per heavy atom. The van der Waals surface area contributed by atoms with Crippen LogP contribution < -0.4 is 10.1 Å². The Morgan fingerprint density at radius 1 is 1.33 bits per heavy atom. The largest absolute Gasteiger partial charge is 0.492 e. The molecule has 0 radical (unpaired) electrons. The highest BCUT2D eigenvalue weighted by atomic mass is 19.1. The van der Waals surface area contributed by atoms with Crippen molar-refractivity contribution >= 4 is 0 Å². The molecule has 0 aliphatic rings. The molecule has 0 saturated heterocycles. The summed E-state index contributed by atoms with van der Waals surface area (Å²) in [5.74, 6) is 6.00. The highest BCUT2D eigenvalue weighted by molar-refractivity contribution is 5.29. The molecule has 0 fully saturated rings. The number of ether oxygens (including phenoxy) is 1. The second-order valence-corrected chi connectivity index (χ2v) is 4.36. The summed E-state index contributed by atoms with van der Waals surface area (Å²) < 4.78 is 18.9. The first-order chi connectivity index (χ1) is 8.61. The minimum Gasteiger partial charge on any atom is -0.492 e. The number of halogens is 1. The number of rotatable bonds is 6. The summed E-state index contributed by atoms with van der Waals surface area (Å²) in [7, 11) is 0. The van der Waals surface area contributed by atoms with Gasteiger partial charge in [-0.15, -0.1) is 11.8 Å². The van der Waals surface area contributed by atoms with Gasteiger partial charge >= 0.3 is 0 Å². The van der Waals surface area contributed by atoms with Crippen LogP contribution in [0.5, 0.6) is 5.75 Å². The third kappa shape index (κ3) is 5.70. The van der Waals surface area contributed by atoms with Crippen molar-refractivity contribution in [2.75, 3.05) is 6.61 Å². The van der Waals surface area contributed by atoms with Gasteiger partial charge in [0, 0.05) is 25.1 Å². The van der Waals surface area contributed by atoms with Gasteiger partial charge in [0.25, 0.3) is 0 Å². The first kappa shape index (κ1) is 14.5. The van der Waals surface area contributed by atoms with E-state index in [0.717, 1.165) is 5.56 Å². The van der Waals surface area contributed by atoms with Crippen LogP contribution in [-0.2, 0) is 6.54 Å². The van der Waals surface area contributed by atoms with Gasteiger partial charge < -0.3 is 10.1 Å². The highest BCUT2D eigenvalue weighted by Gasteiger charge is 2.02. The van der Waals surface area contributed by atoms with E-state index in [2.05, 4.69) is 31.0 Å². The lowest BCUT2D eigenvalue weighted by Gasteiger charge is -2.10. The fraction of sp³-hybridized carbons (Fsp3) is 0.467. The van der Waals surface area contributed by atoms with Crippen LogP contribution in [0.4, 0.5) is 4.39 Å². The zero-order valence-electron chi connectivity index (χ0n) is 11.2. The summed E-state index contributed by atoms with van der Waals surface area (Å²) in [5, 5.41) is 3.25. The molecule has 0 amide bonds. The van der Waals surface area contributed by atoms with E-state index in [1.807, 2.05) is 6.07 Å². The van der Waals surface area contributed by atoms with Gasteiger partial charge in [0.05, 0.1) is 6.61 Å². The first-order valence-electron chi connectivity index (χ1n) is 6.17. The van der Waals surface area contributed by atoms with E-state index in [4.69, 9.17) is 4.74 Å². The van der Waals surface area contributed by atoms with Crippen LogP contribution >= 0.6 is 0 Å². The first-order valence-corrected chi connectivity index (χ1v) is 6.17. The molecule has 3 heteroatoms. The smallest absolute Gasteiger partial charge is 0.127 e. The van der Waals surface area contributed by atoms with Crippen molar-refractivity contribution in [3.8, 4) is 17.6 Å². The molecule has 1 aromatic carbocycles. The molecule has 0 atom stereocenters. The van der Waals surface area contributed by atoms with Crippen molar-refractivity contribution in [2.45, 2.75) is 39.8 Å². The zero-order chi connectivity index (χ0) is 13.4. The fourth-order valence-electron chi connectivity index (χ4n) is 1.47. The Kier molecular flexibility index (Phi) is 6.24. The monoisotopic (exact) mass is 249 g/mol. The third-order valence-electron chi connectivity index (χ3n) is 2.32. The van der Waals surface area contributed by atoms with Crippen LogP contribution in [0.25, 0.3) is 0 Å². The molecule has 0 spiro atoms. The second kappa shape index (κ2) is 7.73. The summed E-state index contributed by atoms with van der Waals surface area (Å²) in [6.07, 6.45) is 0.659. The molecule has 0 unspecified atom stereocenters. The molecule has 1 aromatic rings. The van der Waals surface area contributed by atoms with Gasteiger partial charge in [0.15, 0.2) is 0 Å². The van der Waals surface area contributed by atoms with E-state index in [1.165, 1.54) is 12.1 Å². The Hall–Kier alpha value is -1.53. The number of benzene rings is 1. The number of hydrogen-bond donors (Lipinski definition) is 1. The van der Waals surface area contributed by atoms with Crippen molar-refractivity contribution < 1.29 is 9.13 Å². The van der Waals surface area contributed by atoms with E-state index in [9.17, 15) is 4.39 Å². The lowest BCUT2D eigenvalue weighted by Crippen LogP contribution is -2.21. The van der Waals surface area contributed by atoms with Crippen LogP contribution in [0.2, 0.25) is 0 Å². The van der Waals surface area contributed by atoms with Crippen molar-refractivity contribution in [1.82, 2.24) is 5.32 Å². The third-order valence-corrected chi connectivity index (χ3v) is 2.32. The summed E-state index contributed by atoms with van der Waals surface area (Å²) in [4.78, 5) is 0. The van der Waals surface area contributed by atoms with Crippen molar-refractivity contribution in [3.63, 3.8) is 0 Å². The van der Waals surface area contributed by atoms with Gasteiger partial charge in [0.1, 0.15) is 11.6 Å². The average molecular weight is 249 g/mol. The Balaban J connectivity index is 2.58. The SMILES string of the molecule is CC#CCCOc1cc(F)cc(CNC(C)C)c1. The predicted molar refractivity (Wildman–Crippen MR) is 71.9 cm³/mol. The Morgan fingerprint density at radius 2 is 2.11 bits per heavy atom. The molecule has 1 N–H and O–H groups in total. The maximum absolute atomic E-state index is 13.4. The van der Waals surface area contributed by atoms with Crippen LogP contribution in [-0.4, -0.2) is 12.6 Å². The minimum absolute atomic E-state index is 0.269. The molecule has 0 saturated carbocycles. The van der Waals surface area contributed by atoms with Gasteiger partial charge in [-0.3, -0.25) is 0 Å². The van der Waals surface area contributed by atoms with Crippen LogP contribution in [0, 0.1) is 17.7 Å². The molecule has 2 nitrogen and oxygen atoms in total. The van der Waals surface area contributed by atoms with Crippen molar-refractivity contribution in [2.24, 2.45) is 0 Å². The number of hydrogen-bond acceptors (Lipinski definition) is 2. The van der Waals surface area contributed by atoms with Crippen molar-refractivity contribution in [3.05, 3.63) is 29.6 Å². The normalized spacial score (nSPS) is 10.1. The van der Waals surface area contributed by atoms with Gasteiger partial charge in [0.2, 0.25) is 0 Å². The van der Waals surface area contributed by atoms with E-state index in [1.54, 1.807) is 6.92 Å². The number of nitrogens with one attached hydrogen (secondary N) is 1. The zero-order valence-corrected chi connectivity index (χ0v) is 11.2. The molecule has 0 aromatic heterocycles. The molecular weight excluding hydrogens is 229 g/mol. The predicted octanol–water partition coefficient (Wildman–Crippen LogP) is 3.12. The highest BCUT2D eigenvalue weighted by Crippen LogP contribution is 2.16. The van der Waals surface area contributed by atoms with Crippen LogP contribution in [0.1, 0.15) is 32.8 Å². The lowest BCUT2D eigenvalue weighted by atomic mass is 10.2. The van der Waals surface area contributed by atoms with Crippen LogP contribution in [0.15, 0.2) is 18.2 Å². The Labute approximate surface area is 109 Å². The molecule has 0 bridgehead atoms. The van der Waals surface area contributed by atoms with Crippen LogP contribution in [0.3, 0.4) is 0 Å². The van der Waals surface area contributed by atoms with E-state index >= 15 is 0 Å². The molecule has 18 heavy (non-hydrogen) atoms. The maximum atomic E-state index is 13.4. The molecule has 0 aliphatic carbocycles. The topological polar surface area (TPSA) is 21.3 Å². The minimum atomic E-state index is -0.269. The summed E-state index contributed by atoms with van der Waals surface area (Å²) in [6.45, 7) is 7.03. The van der Waals surface area contributed by atoms with Gasteiger partial charge in [-0.2, -0.15) is 0 Å².